The summed E-state index contributed by atoms with van der Waals surface area (Å²) in [6.07, 6.45) is 0.743. The molecule has 0 spiro atoms. The third-order valence-corrected chi connectivity index (χ3v) is 1.64. The van der Waals surface area contributed by atoms with E-state index in [1.54, 1.807) is 0 Å². The number of carbonyl (C=O) groups is 3. The fourth-order valence-corrected chi connectivity index (χ4v) is 1.06. The first-order chi connectivity index (χ1) is 7.45. The Hall–Kier alpha value is -1.12. The second kappa shape index (κ2) is 10.1. The minimum Gasteiger partial charge on any atom is -0.549 e. The SMILES string of the molecule is CCCNC(=O)CN(CC(=O)[O-])CC(=O)[O-].[Co+2]. The van der Waals surface area contributed by atoms with E-state index in [2.05, 4.69) is 5.32 Å². The molecule has 0 bridgehead atoms. The van der Waals surface area contributed by atoms with Gasteiger partial charge in [-0.25, -0.2) is 0 Å². The van der Waals surface area contributed by atoms with Gasteiger partial charge >= 0.3 is 16.8 Å². The number of carboxylic acid groups (broad SMARTS) is 2. The predicted molar refractivity (Wildman–Crippen MR) is 49.8 cm³/mol. The molecule has 0 aliphatic heterocycles. The summed E-state index contributed by atoms with van der Waals surface area (Å²) < 4.78 is 0. The van der Waals surface area contributed by atoms with E-state index in [9.17, 15) is 24.6 Å². The van der Waals surface area contributed by atoms with E-state index < -0.39 is 30.9 Å². The van der Waals surface area contributed by atoms with E-state index in [1.165, 1.54) is 0 Å². The largest absolute Gasteiger partial charge is 2.00 e. The van der Waals surface area contributed by atoms with Gasteiger partial charge in [-0.1, -0.05) is 6.92 Å². The molecule has 7 nitrogen and oxygen atoms in total. The van der Waals surface area contributed by atoms with E-state index in [4.69, 9.17) is 0 Å². The molecule has 0 heterocycles. The van der Waals surface area contributed by atoms with Gasteiger partial charge in [-0.3, -0.25) is 9.69 Å². The molecule has 0 atom stereocenters. The number of carboxylic acids is 2. The van der Waals surface area contributed by atoms with Crippen molar-refractivity contribution in [2.75, 3.05) is 26.2 Å². The van der Waals surface area contributed by atoms with Crippen LogP contribution in [0.1, 0.15) is 13.3 Å². The summed E-state index contributed by atoms with van der Waals surface area (Å²) in [5.41, 5.74) is 0. The molecule has 0 aromatic rings. The van der Waals surface area contributed by atoms with Crippen LogP contribution in [-0.2, 0) is 31.2 Å². The number of hydrogen-bond donors (Lipinski definition) is 1. The average molecular weight is 289 g/mol. The minimum absolute atomic E-state index is 0. The van der Waals surface area contributed by atoms with Crippen LogP contribution in [0.5, 0.6) is 0 Å². The summed E-state index contributed by atoms with van der Waals surface area (Å²) in [7, 11) is 0. The Kier molecular flexibility index (Phi) is 10.8. The van der Waals surface area contributed by atoms with Crippen LogP contribution in [0.3, 0.4) is 0 Å². The number of amides is 1. The molecule has 0 rings (SSSR count). The van der Waals surface area contributed by atoms with Gasteiger partial charge in [0.2, 0.25) is 5.91 Å². The molecule has 17 heavy (non-hydrogen) atoms. The van der Waals surface area contributed by atoms with Gasteiger partial charge in [-0.15, -0.1) is 0 Å². The zero-order valence-electron chi connectivity index (χ0n) is 9.36. The molecule has 8 heteroatoms. The summed E-state index contributed by atoms with van der Waals surface area (Å²) in [5, 5.41) is 23.1. The molecule has 0 saturated carbocycles. The first-order valence-corrected chi connectivity index (χ1v) is 4.84. The summed E-state index contributed by atoms with van der Waals surface area (Å²) in [6.45, 7) is 0.784. The zero-order valence-corrected chi connectivity index (χ0v) is 10.4. The zero-order chi connectivity index (χ0) is 12.6. The molecule has 0 fully saturated rings. The fourth-order valence-electron chi connectivity index (χ4n) is 1.06. The molecule has 99 valence electrons. The maximum atomic E-state index is 11.2. The maximum absolute atomic E-state index is 11.2. The van der Waals surface area contributed by atoms with Gasteiger partial charge < -0.3 is 25.1 Å². The summed E-state index contributed by atoms with van der Waals surface area (Å²) in [5.74, 6) is -3.31. The van der Waals surface area contributed by atoms with Gasteiger partial charge in [-0.2, -0.15) is 0 Å². The first-order valence-electron chi connectivity index (χ1n) is 4.84. The second-order valence-electron chi connectivity index (χ2n) is 3.24. The topological polar surface area (TPSA) is 113 Å². The Balaban J connectivity index is 0. The van der Waals surface area contributed by atoms with Crippen LogP contribution in [-0.4, -0.2) is 48.9 Å². The summed E-state index contributed by atoms with van der Waals surface area (Å²) >= 11 is 0. The van der Waals surface area contributed by atoms with Gasteiger partial charge in [0, 0.05) is 19.6 Å². The standard InChI is InChI=1S/C9H16N2O5.Co/c1-2-3-10-7(12)4-11(5-8(13)14)6-9(15)16;/h2-6H2,1H3,(H,10,12)(H,13,14)(H,15,16);/q;+2/p-2. The molecule has 0 aliphatic carbocycles. The minimum atomic E-state index is -1.44. The monoisotopic (exact) mass is 289 g/mol. The molecular formula is C9H14CoN2O5. The van der Waals surface area contributed by atoms with Crippen molar-refractivity contribution in [1.29, 1.82) is 0 Å². The van der Waals surface area contributed by atoms with Gasteiger partial charge in [0.1, 0.15) is 0 Å². The maximum Gasteiger partial charge on any atom is 2.00 e. The molecule has 1 N–H and O–H groups in total. The molecule has 1 amide bonds. The Morgan fingerprint density at radius 1 is 1.06 bits per heavy atom. The first kappa shape index (κ1) is 18.2. The average Bonchev–Trinajstić information content (AvgIpc) is 2.12. The quantitative estimate of drug-likeness (QED) is 0.492. The molecule has 0 aromatic heterocycles. The van der Waals surface area contributed by atoms with Crippen LogP contribution in [0.25, 0.3) is 0 Å². The second-order valence-corrected chi connectivity index (χ2v) is 3.24. The van der Waals surface area contributed by atoms with E-state index in [0.717, 1.165) is 11.3 Å². The summed E-state index contributed by atoms with van der Waals surface area (Å²) in [4.78, 5) is 32.7. The van der Waals surface area contributed by atoms with Crippen molar-refractivity contribution in [3.05, 3.63) is 0 Å². The number of carbonyl (C=O) groups excluding carboxylic acids is 3. The number of nitrogens with one attached hydrogen (secondary N) is 1. The van der Waals surface area contributed by atoms with Crippen molar-refractivity contribution in [1.82, 2.24) is 10.2 Å². The third-order valence-electron chi connectivity index (χ3n) is 1.64. The van der Waals surface area contributed by atoms with Crippen molar-refractivity contribution in [3.8, 4) is 0 Å². The Bertz CT molecular complexity index is 256. The Labute approximate surface area is 109 Å². The number of rotatable bonds is 8. The summed E-state index contributed by atoms with van der Waals surface area (Å²) in [6, 6.07) is 0. The molecular weight excluding hydrogens is 275 g/mol. The van der Waals surface area contributed by atoms with Crippen LogP contribution in [0.15, 0.2) is 0 Å². The number of aliphatic carboxylic acids is 2. The van der Waals surface area contributed by atoms with Crippen molar-refractivity contribution < 1.29 is 41.4 Å². The van der Waals surface area contributed by atoms with Crippen molar-refractivity contribution >= 4 is 17.8 Å². The molecule has 0 aromatic carbocycles. The van der Waals surface area contributed by atoms with Crippen molar-refractivity contribution in [2.24, 2.45) is 0 Å². The van der Waals surface area contributed by atoms with E-state index in [-0.39, 0.29) is 23.3 Å². The number of nitrogens with zero attached hydrogens (tertiary/aromatic N) is 1. The van der Waals surface area contributed by atoms with Crippen LogP contribution in [0, 0.1) is 0 Å². The van der Waals surface area contributed by atoms with Crippen LogP contribution in [0.4, 0.5) is 0 Å². The van der Waals surface area contributed by atoms with Crippen molar-refractivity contribution in [2.45, 2.75) is 13.3 Å². The van der Waals surface area contributed by atoms with Gasteiger partial charge in [0.15, 0.2) is 0 Å². The van der Waals surface area contributed by atoms with Gasteiger partial charge in [-0.05, 0) is 6.42 Å². The van der Waals surface area contributed by atoms with Crippen molar-refractivity contribution in [3.63, 3.8) is 0 Å². The third kappa shape index (κ3) is 11.1. The fraction of sp³-hybridized carbons (Fsp3) is 0.667. The van der Waals surface area contributed by atoms with Crippen LogP contribution in [0.2, 0.25) is 0 Å². The van der Waals surface area contributed by atoms with Gasteiger partial charge in [0.25, 0.3) is 0 Å². The molecule has 0 aliphatic rings. The van der Waals surface area contributed by atoms with Gasteiger partial charge in [0.05, 0.1) is 18.5 Å². The normalized spacial score (nSPS) is 9.53. The van der Waals surface area contributed by atoms with Crippen LogP contribution < -0.4 is 15.5 Å². The van der Waals surface area contributed by atoms with E-state index in [1.807, 2.05) is 6.92 Å². The Morgan fingerprint density at radius 3 is 1.88 bits per heavy atom. The van der Waals surface area contributed by atoms with E-state index >= 15 is 0 Å². The molecule has 0 unspecified atom stereocenters. The smallest absolute Gasteiger partial charge is 0.549 e. The predicted octanol–water partition coefficient (Wildman–Crippen LogP) is -3.69. The van der Waals surface area contributed by atoms with Crippen LogP contribution >= 0.6 is 0 Å². The molecule has 1 radical (unpaired) electrons. The number of hydrogen-bond acceptors (Lipinski definition) is 6. The Morgan fingerprint density at radius 2 is 1.53 bits per heavy atom. The molecule has 0 saturated heterocycles. The van der Waals surface area contributed by atoms with E-state index in [0.29, 0.717) is 6.54 Å².